The van der Waals surface area contributed by atoms with Crippen LogP contribution in [0.1, 0.15) is 17.3 Å². The van der Waals surface area contributed by atoms with E-state index in [1.165, 1.54) is 6.92 Å². The van der Waals surface area contributed by atoms with E-state index in [2.05, 4.69) is 5.32 Å². The first kappa shape index (κ1) is 16.6. The fourth-order valence-corrected chi connectivity index (χ4v) is 1.46. The van der Waals surface area contributed by atoms with E-state index in [0.29, 0.717) is 22.3 Å². The van der Waals surface area contributed by atoms with E-state index >= 15 is 0 Å². The number of nitrogens with one attached hydrogen (secondary N) is 1. The van der Waals surface area contributed by atoms with Crippen molar-refractivity contribution in [3.05, 3.63) is 29.8 Å². The SMILES string of the molecule is CC(=O)Nc1ccc(C(=O)C[N+](C)(C)C)cc1.[Cl-]. The predicted molar refractivity (Wildman–Crippen MR) is 68.0 cm³/mol. The van der Waals surface area contributed by atoms with Gasteiger partial charge in [-0.3, -0.25) is 9.59 Å². The third-order valence-electron chi connectivity index (χ3n) is 2.15. The van der Waals surface area contributed by atoms with E-state index in [9.17, 15) is 9.59 Å². The first-order valence-electron chi connectivity index (χ1n) is 5.49. The molecule has 5 heteroatoms. The summed E-state index contributed by atoms with van der Waals surface area (Å²) in [7, 11) is 5.93. The van der Waals surface area contributed by atoms with Crippen molar-refractivity contribution in [2.75, 3.05) is 33.0 Å². The smallest absolute Gasteiger partial charge is 0.221 e. The second kappa shape index (κ2) is 6.52. The molecule has 0 aliphatic rings. The topological polar surface area (TPSA) is 46.2 Å². The number of rotatable bonds is 4. The Morgan fingerprint density at radius 1 is 1.11 bits per heavy atom. The number of hydrogen-bond acceptors (Lipinski definition) is 2. The van der Waals surface area contributed by atoms with Gasteiger partial charge in [-0.15, -0.1) is 0 Å². The molecule has 0 aromatic heterocycles. The van der Waals surface area contributed by atoms with Crippen LogP contribution in [0, 0.1) is 0 Å². The van der Waals surface area contributed by atoms with Crippen molar-refractivity contribution in [3.8, 4) is 0 Å². The highest BCUT2D eigenvalue weighted by molar-refractivity contribution is 5.97. The molecule has 0 atom stereocenters. The Balaban J connectivity index is 0.00000289. The normalized spacial score (nSPS) is 10.4. The summed E-state index contributed by atoms with van der Waals surface area (Å²) in [6.45, 7) is 1.91. The summed E-state index contributed by atoms with van der Waals surface area (Å²) in [6.07, 6.45) is 0. The number of quaternary nitrogens is 1. The molecular formula is C13H19ClN2O2. The van der Waals surface area contributed by atoms with Crippen LogP contribution in [0.15, 0.2) is 24.3 Å². The molecule has 1 amide bonds. The van der Waals surface area contributed by atoms with Gasteiger partial charge in [0.2, 0.25) is 11.7 Å². The molecule has 1 aromatic carbocycles. The van der Waals surface area contributed by atoms with Gasteiger partial charge in [0.25, 0.3) is 0 Å². The molecule has 0 aliphatic carbocycles. The Labute approximate surface area is 114 Å². The van der Waals surface area contributed by atoms with Gasteiger partial charge in [0.15, 0.2) is 0 Å². The molecule has 0 radical (unpaired) electrons. The highest BCUT2D eigenvalue weighted by Gasteiger charge is 2.15. The second-order valence-electron chi connectivity index (χ2n) is 5.13. The molecule has 0 spiro atoms. The highest BCUT2D eigenvalue weighted by atomic mass is 35.5. The second-order valence-corrected chi connectivity index (χ2v) is 5.13. The van der Waals surface area contributed by atoms with Crippen molar-refractivity contribution in [1.82, 2.24) is 0 Å². The largest absolute Gasteiger partial charge is 1.00 e. The maximum Gasteiger partial charge on any atom is 0.221 e. The average Bonchev–Trinajstić information content (AvgIpc) is 2.15. The van der Waals surface area contributed by atoms with E-state index < -0.39 is 0 Å². The summed E-state index contributed by atoms with van der Waals surface area (Å²) in [4.78, 5) is 22.7. The van der Waals surface area contributed by atoms with Crippen molar-refractivity contribution in [1.29, 1.82) is 0 Å². The van der Waals surface area contributed by atoms with Crippen LogP contribution in [0.2, 0.25) is 0 Å². The van der Waals surface area contributed by atoms with Gasteiger partial charge >= 0.3 is 0 Å². The van der Waals surface area contributed by atoms with Crippen LogP contribution in [-0.2, 0) is 4.79 Å². The van der Waals surface area contributed by atoms with E-state index in [1.807, 2.05) is 21.1 Å². The zero-order valence-electron chi connectivity index (χ0n) is 11.2. The highest BCUT2D eigenvalue weighted by Crippen LogP contribution is 2.11. The van der Waals surface area contributed by atoms with Gasteiger partial charge < -0.3 is 22.2 Å². The van der Waals surface area contributed by atoms with E-state index in [1.54, 1.807) is 24.3 Å². The Bertz CT molecular complexity index is 422. The number of ketones is 1. The Kier molecular flexibility index (Phi) is 6.01. The fourth-order valence-electron chi connectivity index (χ4n) is 1.46. The van der Waals surface area contributed by atoms with Crippen LogP contribution in [-0.4, -0.2) is 43.9 Å². The molecule has 4 nitrogen and oxygen atoms in total. The summed E-state index contributed by atoms with van der Waals surface area (Å²) in [6, 6.07) is 6.96. The molecule has 0 saturated carbocycles. The van der Waals surface area contributed by atoms with Gasteiger partial charge in [0.05, 0.1) is 21.1 Å². The lowest BCUT2D eigenvalue weighted by atomic mass is 10.1. The van der Waals surface area contributed by atoms with Crippen LogP contribution >= 0.6 is 0 Å². The maximum absolute atomic E-state index is 11.9. The lowest BCUT2D eigenvalue weighted by Gasteiger charge is -2.22. The summed E-state index contributed by atoms with van der Waals surface area (Å²) < 4.78 is 0.603. The summed E-state index contributed by atoms with van der Waals surface area (Å²) >= 11 is 0. The van der Waals surface area contributed by atoms with Crippen LogP contribution in [0.25, 0.3) is 0 Å². The Morgan fingerprint density at radius 3 is 2.00 bits per heavy atom. The van der Waals surface area contributed by atoms with Gasteiger partial charge in [0.1, 0.15) is 6.54 Å². The molecule has 0 saturated heterocycles. The lowest BCUT2D eigenvalue weighted by molar-refractivity contribution is -0.861. The van der Waals surface area contributed by atoms with E-state index in [4.69, 9.17) is 0 Å². The molecule has 100 valence electrons. The number of carbonyl (C=O) groups excluding carboxylic acids is 2. The number of halogens is 1. The minimum atomic E-state index is -0.115. The molecule has 1 N–H and O–H groups in total. The third kappa shape index (κ3) is 5.80. The zero-order valence-corrected chi connectivity index (χ0v) is 11.9. The Morgan fingerprint density at radius 2 is 1.61 bits per heavy atom. The summed E-state index contributed by atoms with van der Waals surface area (Å²) in [5.74, 6) is -0.0118. The van der Waals surface area contributed by atoms with Crippen molar-refractivity contribution in [3.63, 3.8) is 0 Å². The predicted octanol–water partition coefficient (Wildman–Crippen LogP) is -1.46. The minimum Gasteiger partial charge on any atom is -1.00 e. The molecule has 0 aliphatic heterocycles. The standard InChI is InChI=1S/C13H18N2O2.ClH/c1-10(16)14-12-7-5-11(6-8-12)13(17)9-15(2,3)4;/h5-8H,9H2,1-4H3;1H. The van der Waals surface area contributed by atoms with E-state index in [-0.39, 0.29) is 24.1 Å². The number of hydrogen-bond donors (Lipinski definition) is 1. The number of likely N-dealkylation sites (N-methyl/N-ethyl adjacent to an activating group) is 1. The number of anilines is 1. The molecule has 0 fully saturated rings. The quantitative estimate of drug-likeness (QED) is 0.537. The summed E-state index contributed by atoms with van der Waals surface area (Å²) in [5.41, 5.74) is 1.38. The number of nitrogens with zero attached hydrogens (tertiary/aromatic N) is 1. The van der Waals surface area contributed by atoms with Crippen LogP contribution in [0.4, 0.5) is 5.69 Å². The molecule has 18 heavy (non-hydrogen) atoms. The molecule has 0 unspecified atom stereocenters. The monoisotopic (exact) mass is 270 g/mol. The number of Topliss-reactive ketones (excluding diaryl/α,β-unsaturated/α-hetero) is 1. The van der Waals surface area contributed by atoms with Crippen molar-refractivity contribution < 1.29 is 26.5 Å². The molecule has 0 heterocycles. The van der Waals surface area contributed by atoms with Gasteiger partial charge in [-0.25, -0.2) is 0 Å². The van der Waals surface area contributed by atoms with Crippen LogP contribution in [0.3, 0.4) is 0 Å². The first-order valence-corrected chi connectivity index (χ1v) is 5.49. The fraction of sp³-hybridized carbons (Fsp3) is 0.385. The maximum atomic E-state index is 11.9. The Hall–Kier alpha value is -1.39. The van der Waals surface area contributed by atoms with Gasteiger partial charge in [-0.2, -0.15) is 0 Å². The molecule has 1 rings (SSSR count). The van der Waals surface area contributed by atoms with Gasteiger partial charge in [-0.1, -0.05) is 0 Å². The number of amides is 1. The van der Waals surface area contributed by atoms with Crippen LogP contribution in [0.5, 0.6) is 0 Å². The first-order chi connectivity index (χ1) is 7.78. The summed E-state index contributed by atoms with van der Waals surface area (Å²) in [5, 5.41) is 2.67. The average molecular weight is 271 g/mol. The van der Waals surface area contributed by atoms with Crippen LogP contribution < -0.4 is 17.7 Å². The zero-order chi connectivity index (χ0) is 13.1. The number of benzene rings is 1. The van der Waals surface area contributed by atoms with Gasteiger partial charge in [0, 0.05) is 18.2 Å². The lowest BCUT2D eigenvalue weighted by Crippen LogP contribution is -3.00. The third-order valence-corrected chi connectivity index (χ3v) is 2.15. The van der Waals surface area contributed by atoms with Crippen molar-refractivity contribution in [2.45, 2.75) is 6.92 Å². The van der Waals surface area contributed by atoms with Crippen molar-refractivity contribution in [2.24, 2.45) is 0 Å². The molecule has 0 bridgehead atoms. The van der Waals surface area contributed by atoms with Gasteiger partial charge in [-0.05, 0) is 24.3 Å². The molecular weight excluding hydrogens is 252 g/mol. The number of carbonyl (C=O) groups is 2. The molecule has 1 aromatic rings. The minimum absolute atomic E-state index is 0. The van der Waals surface area contributed by atoms with Crippen molar-refractivity contribution >= 4 is 17.4 Å². The van der Waals surface area contributed by atoms with E-state index in [0.717, 1.165) is 0 Å².